The molecule has 9 nitrogen and oxygen atoms in total. The second-order valence-electron chi connectivity index (χ2n) is 9.70. The summed E-state index contributed by atoms with van der Waals surface area (Å²) in [5.41, 5.74) is 4.37. The van der Waals surface area contributed by atoms with Crippen molar-refractivity contribution in [1.82, 2.24) is 9.73 Å². The van der Waals surface area contributed by atoms with Crippen molar-refractivity contribution in [3.05, 3.63) is 131 Å². The molecule has 43 heavy (non-hydrogen) atoms. The van der Waals surface area contributed by atoms with Crippen molar-refractivity contribution < 1.29 is 22.4 Å². The first-order valence-corrected chi connectivity index (χ1v) is 15.0. The minimum Gasteiger partial charge on any atom is -0.459 e. The highest BCUT2D eigenvalue weighted by Gasteiger charge is 2.26. The molecule has 1 heterocycles. The van der Waals surface area contributed by atoms with E-state index in [0.717, 1.165) is 21.9 Å². The van der Waals surface area contributed by atoms with Gasteiger partial charge in [-0.15, -0.1) is 0 Å². The van der Waals surface area contributed by atoms with Gasteiger partial charge in [-0.25, -0.2) is 13.8 Å². The van der Waals surface area contributed by atoms with E-state index in [0.29, 0.717) is 16.5 Å². The summed E-state index contributed by atoms with van der Waals surface area (Å²) in [6.45, 7) is 1.90. The average molecular weight is 615 g/mol. The Bertz CT molecular complexity index is 1900. The number of nitrogens with zero attached hydrogens (tertiary/aromatic N) is 2. The molecule has 0 bridgehead atoms. The highest BCUT2D eigenvalue weighted by molar-refractivity contribution is 7.89. The van der Waals surface area contributed by atoms with E-state index in [1.807, 2.05) is 37.3 Å². The molecule has 0 aliphatic rings. The number of halogens is 1. The summed E-state index contributed by atoms with van der Waals surface area (Å²) in [6.07, 6.45) is 1.23. The maximum absolute atomic E-state index is 13.6. The van der Waals surface area contributed by atoms with E-state index >= 15 is 0 Å². The minimum atomic E-state index is -3.89. The number of hydrogen-bond acceptors (Lipinski definition) is 6. The zero-order valence-corrected chi connectivity index (χ0v) is 24.6. The van der Waals surface area contributed by atoms with Crippen LogP contribution in [0.3, 0.4) is 0 Å². The molecule has 5 rings (SSSR count). The number of hydrazone groups is 1. The lowest BCUT2D eigenvalue weighted by molar-refractivity contribution is -0.136. The number of furan rings is 1. The number of rotatable bonds is 9. The van der Waals surface area contributed by atoms with Gasteiger partial charge in [0.2, 0.25) is 10.0 Å². The summed E-state index contributed by atoms with van der Waals surface area (Å²) in [5.74, 6) is -1.24. The predicted octanol–water partition coefficient (Wildman–Crippen LogP) is 5.87. The second kappa shape index (κ2) is 13.0. The predicted molar refractivity (Wildman–Crippen MR) is 166 cm³/mol. The van der Waals surface area contributed by atoms with Crippen LogP contribution in [0, 0.1) is 6.92 Å². The third-order valence-corrected chi connectivity index (χ3v) is 8.61. The van der Waals surface area contributed by atoms with Gasteiger partial charge in [-0.05, 0) is 60.3 Å². The number of carbonyl (C=O) groups excluding carboxylic acids is 2. The zero-order valence-electron chi connectivity index (χ0n) is 23.0. The van der Waals surface area contributed by atoms with Crippen LogP contribution in [0.15, 0.2) is 118 Å². The number of anilines is 1. The molecular weight excluding hydrogens is 588 g/mol. The standard InChI is InChI=1S/C32H27ClN4O5S/c1-22-9-17-28(18-10-22)43(40,41)37(20-23-11-13-25(33)14-12-23)21-27-16-15-26(42-27)19-34-36-32(39)31(38)35-30-8-4-6-24-5-2-3-7-29(24)30/h2-19H,20-21H2,1H3,(H,35,38)(H,36,39)/b34-19+. The monoisotopic (exact) mass is 614 g/mol. The molecule has 0 aliphatic heterocycles. The molecule has 0 unspecified atom stereocenters. The van der Waals surface area contributed by atoms with Crippen LogP contribution in [-0.4, -0.2) is 30.8 Å². The summed E-state index contributed by atoms with van der Waals surface area (Å²) in [6, 6.07) is 29.6. The van der Waals surface area contributed by atoms with Crippen LogP contribution in [0.4, 0.5) is 5.69 Å². The molecule has 11 heteroatoms. The number of benzene rings is 4. The van der Waals surface area contributed by atoms with Crippen LogP contribution in [0.25, 0.3) is 10.8 Å². The van der Waals surface area contributed by atoms with E-state index in [-0.39, 0.29) is 23.7 Å². The van der Waals surface area contributed by atoms with Crippen LogP contribution in [-0.2, 0) is 32.7 Å². The van der Waals surface area contributed by atoms with Gasteiger partial charge in [-0.2, -0.15) is 9.41 Å². The van der Waals surface area contributed by atoms with Crippen molar-refractivity contribution in [2.75, 3.05) is 5.32 Å². The fourth-order valence-electron chi connectivity index (χ4n) is 4.32. The third-order valence-electron chi connectivity index (χ3n) is 6.55. The molecule has 0 saturated carbocycles. The maximum atomic E-state index is 13.6. The number of nitrogens with one attached hydrogen (secondary N) is 2. The van der Waals surface area contributed by atoms with Crippen LogP contribution < -0.4 is 10.7 Å². The van der Waals surface area contributed by atoms with Crippen molar-refractivity contribution in [1.29, 1.82) is 0 Å². The Balaban J connectivity index is 1.26. The van der Waals surface area contributed by atoms with Crippen molar-refractivity contribution in [3.63, 3.8) is 0 Å². The van der Waals surface area contributed by atoms with Crippen molar-refractivity contribution in [3.8, 4) is 0 Å². The normalized spacial score (nSPS) is 11.7. The van der Waals surface area contributed by atoms with E-state index in [9.17, 15) is 18.0 Å². The summed E-state index contributed by atoms with van der Waals surface area (Å²) < 4.78 is 34.3. The van der Waals surface area contributed by atoms with Crippen LogP contribution in [0.2, 0.25) is 5.02 Å². The molecule has 5 aromatic rings. The van der Waals surface area contributed by atoms with Crippen LogP contribution >= 0.6 is 11.6 Å². The van der Waals surface area contributed by atoms with E-state index < -0.39 is 21.8 Å². The molecule has 2 N–H and O–H groups in total. The molecule has 0 atom stereocenters. The van der Waals surface area contributed by atoms with Gasteiger partial charge in [0.05, 0.1) is 17.7 Å². The van der Waals surface area contributed by atoms with Gasteiger partial charge in [0.25, 0.3) is 0 Å². The van der Waals surface area contributed by atoms with E-state index in [4.69, 9.17) is 16.0 Å². The molecule has 0 radical (unpaired) electrons. The molecular formula is C32H27ClN4O5S. The Hall–Kier alpha value is -4.77. The maximum Gasteiger partial charge on any atom is 0.329 e. The molecule has 218 valence electrons. The van der Waals surface area contributed by atoms with Gasteiger partial charge in [0.15, 0.2) is 0 Å². The van der Waals surface area contributed by atoms with E-state index in [1.165, 1.54) is 10.5 Å². The average Bonchev–Trinajstić information content (AvgIpc) is 3.45. The Morgan fingerprint density at radius 2 is 1.58 bits per heavy atom. The van der Waals surface area contributed by atoms with Crippen molar-refractivity contribution >= 4 is 56.1 Å². The van der Waals surface area contributed by atoms with Gasteiger partial charge in [-0.3, -0.25) is 9.59 Å². The summed E-state index contributed by atoms with van der Waals surface area (Å²) in [5, 5.41) is 8.68. The number of carbonyl (C=O) groups is 2. The molecule has 0 spiro atoms. The molecule has 2 amide bonds. The number of sulfonamides is 1. The second-order valence-corrected chi connectivity index (χ2v) is 12.1. The van der Waals surface area contributed by atoms with Gasteiger partial charge in [0, 0.05) is 22.6 Å². The SMILES string of the molecule is Cc1ccc(S(=O)(=O)N(Cc2ccc(Cl)cc2)Cc2ccc(/C=N/NC(=O)C(=O)Nc3cccc4ccccc34)o2)cc1. The molecule has 0 fully saturated rings. The van der Waals surface area contributed by atoms with Gasteiger partial charge >= 0.3 is 11.8 Å². The number of amides is 2. The zero-order chi connectivity index (χ0) is 30.4. The molecule has 4 aromatic carbocycles. The Morgan fingerprint density at radius 1 is 0.860 bits per heavy atom. The topological polar surface area (TPSA) is 121 Å². The minimum absolute atomic E-state index is 0.0630. The van der Waals surface area contributed by atoms with Crippen molar-refractivity contribution in [2.24, 2.45) is 5.10 Å². The lowest BCUT2D eigenvalue weighted by Gasteiger charge is -2.21. The fourth-order valence-corrected chi connectivity index (χ4v) is 5.84. The Kier molecular flexibility index (Phi) is 9.01. The first kappa shape index (κ1) is 29.7. The number of aryl methyl sites for hydroxylation is 1. The highest BCUT2D eigenvalue weighted by Crippen LogP contribution is 2.24. The van der Waals surface area contributed by atoms with Crippen LogP contribution in [0.5, 0.6) is 0 Å². The van der Waals surface area contributed by atoms with Crippen LogP contribution in [0.1, 0.15) is 22.6 Å². The quantitative estimate of drug-likeness (QED) is 0.122. The van der Waals surface area contributed by atoms with E-state index in [2.05, 4.69) is 15.8 Å². The number of fused-ring (bicyclic) bond motifs is 1. The fraction of sp³-hybridized carbons (Fsp3) is 0.0938. The summed E-state index contributed by atoms with van der Waals surface area (Å²) in [4.78, 5) is 24.9. The van der Waals surface area contributed by atoms with E-state index in [1.54, 1.807) is 72.8 Å². The summed E-state index contributed by atoms with van der Waals surface area (Å²) in [7, 11) is -3.89. The molecule has 1 aromatic heterocycles. The Morgan fingerprint density at radius 3 is 2.35 bits per heavy atom. The molecule has 0 aliphatic carbocycles. The highest BCUT2D eigenvalue weighted by atomic mass is 35.5. The first-order valence-electron chi connectivity index (χ1n) is 13.2. The molecule has 0 saturated heterocycles. The first-order chi connectivity index (χ1) is 20.7. The van der Waals surface area contributed by atoms with Crippen molar-refractivity contribution in [2.45, 2.75) is 24.9 Å². The third kappa shape index (κ3) is 7.36. The number of hydrogen-bond donors (Lipinski definition) is 2. The Labute approximate surface area is 253 Å². The smallest absolute Gasteiger partial charge is 0.329 e. The largest absolute Gasteiger partial charge is 0.459 e. The van der Waals surface area contributed by atoms with Gasteiger partial charge in [-0.1, -0.05) is 77.8 Å². The van der Waals surface area contributed by atoms with Gasteiger partial charge in [0.1, 0.15) is 11.5 Å². The summed E-state index contributed by atoms with van der Waals surface area (Å²) >= 11 is 6.01. The lowest BCUT2D eigenvalue weighted by Crippen LogP contribution is -2.32. The van der Waals surface area contributed by atoms with Gasteiger partial charge < -0.3 is 9.73 Å². The lowest BCUT2D eigenvalue weighted by atomic mass is 10.1.